The lowest BCUT2D eigenvalue weighted by Crippen LogP contribution is -2.42. The van der Waals surface area contributed by atoms with Crippen LogP contribution in [0.4, 0.5) is 4.79 Å². The molecule has 0 atom stereocenters. The van der Waals surface area contributed by atoms with E-state index >= 15 is 0 Å². The van der Waals surface area contributed by atoms with E-state index in [1.165, 1.54) is 0 Å². The third-order valence-corrected chi connectivity index (χ3v) is 4.79. The van der Waals surface area contributed by atoms with E-state index in [1.54, 1.807) is 6.92 Å². The molecule has 0 unspecified atom stereocenters. The number of rotatable bonds is 7. The molecule has 0 radical (unpaired) electrons. The van der Waals surface area contributed by atoms with E-state index in [2.05, 4.69) is 0 Å². The number of sulfonamides is 1. The van der Waals surface area contributed by atoms with Gasteiger partial charge in [0.2, 0.25) is 10.0 Å². The lowest BCUT2D eigenvalue weighted by molar-refractivity contribution is -0.0807. The quantitative estimate of drug-likeness (QED) is 0.830. The third kappa shape index (κ3) is 5.31. The minimum absolute atomic E-state index is 0.0465. The molecule has 0 aliphatic heterocycles. The fraction of sp³-hybridized carbons (Fsp3) is 0.533. The van der Waals surface area contributed by atoms with Gasteiger partial charge in [-0.1, -0.05) is 37.3 Å². The van der Waals surface area contributed by atoms with Crippen LogP contribution in [-0.4, -0.2) is 32.5 Å². The molecule has 0 heterocycles. The molecule has 1 saturated carbocycles. The summed E-state index contributed by atoms with van der Waals surface area (Å²) < 4.78 is 35.5. The predicted octanol–water partition coefficient (Wildman–Crippen LogP) is 2.20. The summed E-state index contributed by atoms with van der Waals surface area (Å²) in [5.74, 6) is -0.0877. The van der Waals surface area contributed by atoms with Gasteiger partial charge < -0.3 is 9.47 Å². The second kappa shape index (κ2) is 7.60. The zero-order chi connectivity index (χ0) is 16.0. The smallest absolute Gasteiger partial charge is 0.421 e. The maximum Gasteiger partial charge on any atom is 0.421 e. The molecule has 2 rings (SSSR count). The summed E-state index contributed by atoms with van der Waals surface area (Å²) >= 11 is 0. The van der Waals surface area contributed by atoms with Gasteiger partial charge in [-0.15, -0.1) is 0 Å². The average molecular weight is 327 g/mol. The highest BCUT2D eigenvalue weighted by atomic mass is 32.2. The van der Waals surface area contributed by atoms with Crippen molar-refractivity contribution in [2.75, 3.05) is 5.75 Å². The molecule has 6 nitrogen and oxygen atoms in total. The van der Waals surface area contributed by atoms with Crippen molar-refractivity contribution in [1.82, 2.24) is 4.72 Å². The lowest BCUT2D eigenvalue weighted by Gasteiger charge is -2.34. The minimum Gasteiger partial charge on any atom is -0.445 e. The van der Waals surface area contributed by atoms with Crippen molar-refractivity contribution in [3.8, 4) is 0 Å². The van der Waals surface area contributed by atoms with Gasteiger partial charge in [0.15, 0.2) is 0 Å². The van der Waals surface area contributed by atoms with E-state index in [4.69, 9.17) is 9.47 Å². The standard InChI is InChI=1S/C15H21NO5S/c1-2-8-22(18,19)16-15(17)21-14-9-13(10-14)20-11-12-6-4-3-5-7-12/h3-7,13-14H,2,8-11H2,1H3,(H,16,17). The Morgan fingerprint density at radius 1 is 1.23 bits per heavy atom. The molecule has 1 amide bonds. The summed E-state index contributed by atoms with van der Waals surface area (Å²) in [5, 5.41) is 0. The summed E-state index contributed by atoms with van der Waals surface area (Å²) in [5.41, 5.74) is 1.09. The average Bonchev–Trinajstić information content (AvgIpc) is 2.41. The van der Waals surface area contributed by atoms with Crippen molar-refractivity contribution in [1.29, 1.82) is 0 Å². The molecule has 22 heavy (non-hydrogen) atoms. The molecule has 7 heteroatoms. The second-order valence-electron chi connectivity index (χ2n) is 5.34. The Kier molecular flexibility index (Phi) is 5.79. The molecule has 1 aromatic rings. The highest BCUT2D eigenvalue weighted by molar-refractivity contribution is 7.90. The fourth-order valence-electron chi connectivity index (χ4n) is 2.16. The van der Waals surface area contributed by atoms with Crippen molar-refractivity contribution in [3.63, 3.8) is 0 Å². The van der Waals surface area contributed by atoms with Crippen LogP contribution in [0.15, 0.2) is 30.3 Å². The van der Waals surface area contributed by atoms with Crippen molar-refractivity contribution < 1.29 is 22.7 Å². The summed E-state index contributed by atoms with van der Waals surface area (Å²) in [7, 11) is -3.58. The zero-order valence-electron chi connectivity index (χ0n) is 12.5. The van der Waals surface area contributed by atoms with Crippen LogP contribution in [0, 0.1) is 0 Å². The lowest BCUT2D eigenvalue weighted by atomic mass is 9.92. The van der Waals surface area contributed by atoms with E-state index < -0.39 is 16.1 Å². The highest BCUT2D eigenvalue weighted by Crippen LogP contribution is 2.27. The van der Waals surface area contributed by atoms with Gasteiger partial charge in [-0.3, -0.25) is 0 Å². The molecule has 122 valence electrons. The Morgan fingerprint density at radius 3 is 2.55 bits per heavy atom. The Bertz CT molecular complexity index is 581. The minimum atomic E-state index is -3.58. The van der Waals surface area contributed by atoms with E-state index in [1.807, 2.05) is 35.1 Å². The second-order valence-corrected chi connectivity index (χ2v) is 7.18. The maximum absolute atomic E-state index is 11.5. The van der Waals surface area contributed by atoms with E-state index in [9.17, 15) is 13.2 Å². The number of hydrogen-bond donors (Lipinski definition) is 1. The number of nitrogens with one attached hydrogen (secondary N) is 1. The Balaban J connectivity index is 1.64. The van der Waals surface area contributed by atoms with Crippen LogP contribution in [0.2, 0.25) is 0 Å². The van der Waals surface area contributed by atoms with Gasteiger partial charge in [0, 0.05) is 12.8 Å². The first kappa shape index (κ1) is 16.8. The highest BCUT2D eigenvalue weighted by Gasteiger charge is 2.33. The third-order valence-electron chi connectivity index (χ3n) is 3.37. The normalized spacial score (nSPS) is 21.0. The number of benzene rings is 1. The molecular weight excluding hydrogens is 306 g/mol. The molecule has 1 N–H and O–H groups in total. The number of hydrogen-bond acceptors (Lipinski definition) is 5. The van der Waals surface area contributed by atoms with Crippen LogP contribution in [0.3, 0.4) is 0 Å². The molecule has 1 fully saturated rings. The van der Waals surface area contributed by atoms with Crippen molar-refractivity contribution in [3.05, 3.63) is 35.9 Å². The summed E-state index contributed by atoms with van der Waals surface area (Å²) in [4.78, 5) is 11.5. The van der Waals surface area contributed by atoms with E-state index in [-0.39, 0.29) is 18.0 Å². The summed E-state index contributed by atoms with van der Waals surface area (Å²) in [6.07, 6.45) is 0.492. The van der Waals surface area contributed by atoms with Gasteiger partial charge >= 0.3 is 6.09 Å². The van der Waals surface area contributed by atoms with Crippen molar-refractivity contribution in [2.45, 2.75) is 45.0 Å². The molecule has 0 aromatic heterocycles. The first-order valence-corrected chi connectivity index (χ1v) is 9.00. The SMILES string of the molecule is CCCS(=O)(=O)NC(=O)OC1CC(OCc2ccccc2)C1. The van der Waals surface area contributed by atoms with E-state index in [0.29, 0.717) is 25.9 Å². The Labute approximate surface area is 130 Å². The molecule has 0 spiro atoms. The maximum atomic E-state index is 11.5. The number of carbonyl (C=O) groups is 1. The first-order chi connectivity index (χ1) is 10.5. The molecular formula is C15H21NO5S. The number of carbonyl (C=O) groups excluding carboxylic acids is 1. The van der Waals surface area contributed by atoms with Crippen LogP contribution in [-0.2, 0) is 26.1 Å². The summed E-state index contributed by atoms with van der Waals surface area (Å²) in [6, 6.07) is 9.82. The van der Waals surface area contributed by atoms with Gasteiger partial charge in [-0.25, -0.2) is 17.9 Å². The zero-order valence-corrected chi connectivity index (χ0v) is 13.3. The molecule has 1 aromatic carbocycles. The monoisotopic (exact) mass is 327 g/mol. The number of ether oxygens (including phenoxy) is 2. The van der Waals surface area contributed by atoms with Gasteiger partial charge in [0.05, 0.1) is 18.5 Å². The first-order valence-electron chi connectivity index (χ1n) is 7.35. The predicted molar refractivity (Wildman–Crippen MR) is 81.7 cm³/mol. The van der Waals surface area contributed by atoms with Crippen LogP contribution < -0.4 is 4.72 Å². The van der Waals surface area contributed by atoms with Gasteiger partial charge in [0.25, 0.3) is 0 Å². The van der Waals surface area contributed by atoms with E-state index in [0.717, 1.165) is 5.56 Å². The van der Waals surface area contributed by atoms with Crippen LogP contribution in [0.1, 0.15) is 31.7 Å². The molecule has 0 bridgehead atoms. The Morgan fingerprint density at radius 2 is 1.91 bits per heavy atom. The van der Waals surface area contributed by atoms with Crippen molar-refractivity contribution in [2.24, 2.45) is 0 Å². The van der Waals surface area contributed by atoms with Crippen molar-refractivity contribution >= 4 is 16.1 Å². The Hall–Kier alpha value is -1.60. The van der Waals surface area contributed by atoms with Crippen LogP contribution >= 0.6 is 0 Å². The fourth-order valence-corrected chi connectivity index (χ4v) is 3.10. The largest absolute Gasteiger partial charge is 0.445 e. The topological polar surface area (TPSA) is 81.7 Å². The van der Waals surface area contributed by atoms with Gasteiger partial charge in [0.1, 0.15) is 6.10 Å². The molecule has 1 aliphatic rings. The van der Waals surface area contributed by atoms with Crippen LogP contribution in [0.25, 0.3) is 0 Å². The summed E-state index contributed by atoms with van der Waals surface area (Å²) in [6.45, 7) is 2.25. The van der Waals surface area contributed by atoms with Crippen LogP contribution in [0.5, 0.6) is 0 Å². The number of amides is 1. The van der Waals surface area contributed by atoms with Gasteiger partial charge in [-0.2, -0.15) is 0 Å². The molecule has 0 saturated heterocycles. The van der Waals surface area contributed by atoms with Gasteiger partial charge in [-0.05, 0) is 12.0 Å². The molecule has 1 aliphatic carbocycles.